The van der Waals surface area contributed by atoms with E-state index in [0.29, 0.717) is 16.5 Å². The molecule has 1 heterocycles. The largest absolute Gasteiger partial charge is 0.331 e. The minimum Gasteiger partial charge on any atom is -0.318 e. The third-order valence-corrected chi connectivity index (χ3v) is 4.46. The second-order valence-electron chi connectivity index (χ2n) is 4.90. The van der Waals surface area contributed by atoms with Crippen LogP contribution in [0.2, 0.25) is 0 Å². The molecular formula is C17H13NO3S. The summed E-state index contributed by atoms with van der Waals surface area (Å²) in [6.45, 7) is 3.03. The number of carbonyl (C=O) groups excluding carboxylic acids is 1. The molecule has 0 atom stereocenters. The Morgan fingerprint density at radius 1 is 1.05 bits per heavy atom. The standard InChI is InChI=1S/C17H13NO3S/c1-10(18-21-11(2)19)12-7-8-16-14(9-12)17(20)13-5-3-4-6-15(13)22-16/h3-9H,1-2H3/b18-10+. The van der Waals surface area contributed by atoms with Crippen molar-refractivity contribution >= 4 is 43.2 Å². The van der Waals surface area contributed by atoms with Crippen LogP contribution < -0.4 is 5.43 Å². The zero-order valence-electron chi connectivity index (χ0n) is 12.1. The second-order valence-corrected chi connectivity index (χ2v) is 5.98. The van der Waals surface area contributed by atoms with E-state index in [1.54, 1.807) is 24.3 Å². The Balaban J connectivity index is 2.19. The Morgan fingerprint density at radius 3 is 2.55 bits per heavy atom. The molecule has 0 aliphatic heterocycles. The molecule has 22 heavy (non-hydrogen) atoms. The van der Waals surface area contributed by atoms with E-state index in [1.165, 1.54) is 6.92 Å². The second kappa shape index (κ2) is 5.69. The molecule has 2 aromatic carbocycles. The van der Waals surface area contributed by atoms with Gasteiger partial charge < -0.3 is 4.84 Å². The molecule has 110 valence electrons. The van der Waals surface area contributed by atoms with Crippen molar-refractivity contribution in [3.05, 3.63) is 58.3 Å². The molecule has 0 amide bonds. The van der Waals surface area contributed by atoms with Crippen molar-refractivity contribution in [3.8, 4) is 0 Å². The van der Waals surface area contributed by atoms with E-state index in [1.807, 2.05) is 36.4 Å². The summed E-state index contributed by atoms with van der Waals surface area (Å²) in [6, 6.07) is 13.1. The van der Waals surface area contributed by atoms with E-state index in [9.17, 15) is 9.59 Å². The molecule has 0 saturated heterocycles. The van der Waals surface area contributed by atoms with Gasteiger partial charge >= 0.3 is 5.97 Å². The van der Waals surface area contributed by atoms with Crippen molar-refractivity contribution in [2.75, 3.05) is 0 Å². The van der Waals surface area contributed by atoms with E-state index in [-0.39, 0.29) is 5.43 Å². The van der Waals surface area contributed by atoms with Crippen LogP contribution in [0.3, 0.4) is 0 Å². The third kappa shape index (κ3) is 2.63. The van der Waals surface area contributed by atoms with Crippen molar-refractivity contribution in [2.45, 2.75) is 13.8 Å². The molecule has 0 bridgehead atoms. The summed E-state index contributed by atoms with van der Waals surface area (Å²) in [7, 11) is 0. The molecular weight excluding hydrogens is 298 g/mol. The maximum Gasteiger partial charge on any atom is 0.331 e. The third-order valence-electron chi connectivity index (χ3n) is 3.30. The molecule has 3 aromatic rings. The van der Waals surface area contributed by atoms with Crippen LogP contribution in [0.5, 0.6) is 0 Å². The summed E-state index contributed by atoms with van der Waals surface area (Å²) in [5.41, 5.74) is 1.31. The Bertz CT molecular complexity index is 972. The molecule has 0 fully saturated rings. The van der Waals surface area contributed by atoms with E-state index in [2.05, 4.69) is 9.99 Å². The van der Waals surface area contributed by atoms with E-state index in [0.717, 1.165) is 15.0 Å². The smallest absolute Gasteiger partial charge is 0.318 e. The van der Waals surface area contributed by atoms with Gasteiger partial charge in [-0.15, -0.1) is 11.3 Å². The average molecular weight is 311 g/mol. The van der Waals surface area contributed by atoms with Gasteiger partial charge in [-0.2, -0.15) is 0 Å². The maximum absolute atomic E-state index is 12.6. The zero-order chi connectivity index (χ0) is 15.7. The molecule has 0 N–H and O–H groups in total. The summed E-state index contributed by atoms with van der Waals surface area (Å²) < 4.78 is 1.89. The quantitative estimate of drug-likeness (QED) is 0.314. The molecule has 0 saturated carbocycles. The van der Waals surface area contributed by atoms with Crippen LogP contribution >= 0.6 is 11.3 Å². The molecule has 1 aromatic heterocycles. The van der Waals surface area contributed by atoms with Crippen LogP contribution in [0.15, 0.2) is 52.4 Å². The first-order valence-corrected chi connectivity index (χ1v) is 7.56. The molecule has 4 nitrogen and oxygen atoms in total. The normalized spacial score (nSPS) is 11.8. The summed E-state index contributed by atoms with van der Waals surface area (Å²) in [5, 5.41) is 5.13. The Morgan fingerprint density at radius 2 is 1.77 bits per heavy atom. The van der Waals surface area contributed by atoms with Crippen LogP contribution in [0.1, 0.15) is 19.4 Å². The SMILES string of the molecule is CC(=O)O/N=C(\C)c1ccc2sc3ccccc3c(=O)c2c1. The number of nitrogens with zero attached hydrogens (tertiary/aromatic N) is 1. The summed E-state index contributed by atoms with van der Waals surface area (Å²) in [4.78, 5) is 28.1. The van der Waals surface area contributed by atoms with Crippen LogP contribution in [-0.2, 0) is 9.63 Å². The first-order chi connectivity index (χ1) is 10.6. The fourth-order valence-corrected chi connectivity index (χ4v) is 3.27. The van der Waals surface area contributed by atoms with Crippen LogP contribution in [0, 0.1) is 0 Å². The number of hydrogen-bond acceptors (Lipinski definition) is 5. The fourth-order valence-electron chi connectivity index (χ4n) is 2.21. The summed E-state index contributed by atoms with van der Waals surface area (Å²) in [5.74, 6) is -0.474. The van der Waals surface area contributed by atoms with Gasteiger partial charge in [-0.3, -0.25) is 4.79 Å². The lowest BCUT2D eigenvalue weighted by Gasteiger charge is -2.04. The first-order valence-electron chi connectivity index (χ1n) is 6.74. The highest BCUT2D eigenvalue weighted by Gasteiger charge is 2.08. The lowest BCUT2D eigenvalue weighted by atomic mass is 10.1. The minimum absolute atomic E-state index is 0.00601. The van der Waals surface area contributed by atoms with E-state index < -0.39 is 5.97 Å². The topological polar surface area (TPSA) is 55.7 Å². The zero-order valence-corrected chi connectivity index (χ0v) is 12.9. The first kappa shape index (κ1) is 14.4. The van der Waals surface area contributed by atoms with Gasteiger partial charge in [0.15, 0.2) is 5.43 Å². The summed E-state index contributed by atoms with van der Waals surface area (Å²) >= 11 is 1.58. The number of rotatable bonds is 2. The van der Waals surface area contributed by atoms with Crippen molar-refractivity contribution in [1.82, 2.24) is 0 Å². The van der Waals surface area contributed by atoms with E-state index in [4.69, 9.17) is 0 Å². The number of oxime groups is 1. The molecule has 0 aliphatic carbocycles. The van der Waals surface area contributed by atoms with Crippen molar-refractivity contribution in [3.63, 3.8) is 0 Å². The van der Waals surface area contributed by atoms with Gasteiger partial charge in [-0.05, 0) is 36.8 Å². The fraction of sp³-hybridized carbons (Fsp3) is 0.118. The van der Waals surface area contributed by atoms with Crippen LogP contribution in [0.4, 0.5) is 0 Å². The molecule has 0 radical (unpaired) electrons. The number of fused-ring (bicyclic) bond motifs is 2. The van der Waals surface area contributed by atoms with Gasteiger partial charge in [-0.1, -0.05) is 23.4 Å². The van der Waals surface area contributed by atoms with E-state index >= 15 is 0 Å². The minimum atomic E-state index is -0.474. The van der Waals surface area contributed by atoms with Crippen molar-refractivity contribution in [2.24, 2.45) is 5.16 Å². The highest BCUT2D eigenvalue weighted by molar-refractivity contribution is 7.24. The molecule has 0 spiro atoms. The van der Waals surface area contributed by atoms with Crippen molar-refractivity contribution < 1.29 is 9.63 Å². The predicted octanol–water partition coefficient (Wildman–Crippen LogP) is 3.70. The lowest BCUT2D eigenvalue weighted by molar-refractivity contribution is -0.140. The molecule has 0 unspecified atom stereocenters. The van der Waals surface area contributed by atoms with Gasteiger partial charge in [0.25, 0.3) is 0 Å². The number of hydrogen-bond donors (Lipinski definition) is 0. The monoisotopic (exact) mass is 311 g/mol. The molecule has 5 heteroatoms. The lowest BCUT2D eigenvalue weighted by Crippen LogP contribution is -2.04. The Hall–Kier alpha value is -2.53. The molecule has 3 rings (SSSR count). The highest BCUT2D eigenvalue weighted by Crippen LogP contribution is 2.25. The Kier molecular flexibility index (Phi) is 3.73. The van der Waals surface area contributed by atoms with Crippen LogP contribution in [0.25, 0.3) is 20.2 Å². The van der Waals surface area contributed by atoms with Crippen LogP contribution in [-0.4, -0.2) is 11.7 Å². The Labute approximate surface area is 130 Å². The van der Waals surface area contributed by atoms with Crippen molar-refractivity contribution in [1.29, 1.82) is 0 Å². The summed E-state index contributed by atoms with van der Waals surface area (Å²) in [6.07, 6.45) is 0. The van der Waals surface area contributed by atoms with Gasteiger partial charge in [0, 0.05) is 27.1 Å². The number of carbonyl (C=O) groups is 1. The van der Waals surface area contributed by atoms with Gasteiger partial charge in [0.1, 0.15) is 0 Å². The predicted molar refractivity (Wildman–Crippen MR) is 89.6 cm³/mol. The molecule has 0 aliphatic rings. The number of benzene rings is 2. The van der Waals surface area contributed by atoms with Gasteiger partial charge in [0.05, 0.1) is 5.71 Å². The van der Waals surface area contributed by atoms with Gasteiger partial charge in [0.2, 0.25) is 0 Å². The highest BCUT2D eigenvalue weighted by atomic mass is 32.1. The van der Waals surface area contributed by atoms with Gasteiger partial charge in [-0.25, -0.2) is 4.79 Å². The maximum atomic E-state index is 12.6. The average Bonchev–Trinajstić information content (AvgIpc) is 2.52.